The highest BCUT2D eigenvalue weighted by atomic mass is 16.5. The number of esters is 1. The van der Waals surface area contributed by atoms with Gasteiger partial charge in [-0.1, -0.05) is 0 Å². The van der Waals surface area contributed by atoms with Gasteiger partial charge in [-0.25, -0.2) is 4.79 Å². The number of carbonyl (C=O) groups is 1. The van der Waals surface area contributed by atoms with E-state index in [0.29, 0.717) is 0 Å². The first-order valence-corrected chi connectivity index (χ1v) is 4.87. The summed E-state index contributed by atoms with van der Waals surface area (Å²) in [7, 11) is 0. The lowest BCUT2D eigenvalue weighted by molar-refractivity contribution is 0.0519. The van der Waals surface area contributed by atoms with Crippen LogP contribution in [0.1, 0.15) is 17.3 Å². The predicted molar refractivity (Wildman–Crippen MR) is 56.9 cm³/mol. The van der Waals surface area contributed by atoms with E-state index in [1.807, 2.05) is 0 Å². The van der Waals surface area contributed by atoms with Crippen LogP contribution in [0, 0.1) is 0 Å². The summed E-state index contributed by atoms with van der Waals surface area (Å²) in [5.41, 5.74) is -1.01. The fraction of sp³-hybridized carbons (Fsp3) is 0.200. The molecule has 0 fully saturated rings. The molecule has 0 aliphatic carbocycles. The maximum absolute atomic E-state index is 11.9. The second-order valence-electron chi connectivity index (χ2n) is 3.14. The average molecular weight is 235 g/mol. The van der Waals surface area contributed by atoms with Crippen LogP contribution in [-0.4, -0.2) is 32.1 Å². The smallest absolute Gasteiger partial charge is 0.349 e. The average Bonchev–Trinajstić information content (AvgIpc) is 2.29. The normalized spacial score (nSPS) is 10.4. The van der Waals surface area contributed by atoms with E-state index >= 15 is 0 Å². The largest absolute Gasteiger partial charge is 0.492 e. The maximum atomic E-state index is 11.9. The first-order valence-electron chi connectivity index (χ1n) is 4.87. The first kappa shape index (κ1) is 11.1. The van der Waals surface area contributed by atoms with E-state index in [2.05, 4.69) is 14.7 Å². The van der Waals surface area contributed by atoms with Gasteiger partial charge in [0, 0.05) is 12.4 Å². The van der Waals surface area contributed by atoms with Crippen molar-refractivity contribution >= 4 is 11.6 Å². The lowest BCUT2D eigenvalue weighted by Crippen LogP contribution is -2.24. The second kappa shape index (κ2) is 4.20. The molecular weight excluding hydrogens is 226 g/mol. The Morgan fingerprint density at radius 2 is 2.35 bits per heavy atom. The maximum Gasteiger partial charge on any atom is 0.349 e. The van der Waals surface area contributed by atoms with Gasteiger partial charge in [0.25, 0.3) is 5.56 Å². The topological polar surface area (TPSA) is 93.8 Å². The molecule has 2 aromatic heterocycles. The summed E-state index contributed by atoms with van der Waals surface area (Å²) in [5.74, 6) is -1.55. The van der Waals surface area contributed by atoms with Crippen LogP contribution in [0.4, 0.5) is 0 Å². The summed E-state index contributed by atoms with van der Waals surface area (Å²) in [6, 6.07) is 0. The third-order valence-electron chi connectivity index (χ3n) is 2.09. The molecule has 0 bridgehead atoms. The molecule has 7 nitrogen and oxygen atoms in total. The zero-order valence-electron chi connectivity index (χ0n) is 8.95. The van der Waals surface area contributed by atoms with Gasteiger partial charge in [0.2, 0.25) is 5.88 Å². The van der Waals surface area contributed by atoms with Crippen molar-refractivity contribution in [2.24, 2.45) is 0 Å². The van der Waals surface area contributed by atoms with Crippen molar-refractivity contribution in [3.8, 4) is 5.88 Å². The van der Waals surface area contributed by atoms with Crippen LogP contribution in [0.5, 0.6) is 5.88 Å². The van der Waals surface area contributed by atoms with E-state index in [-0.39, 0.29) is 12.3 Å². The van der Waals surface area contributed by atoms with Crippen molar-refractivity contribution in [1.82, 2.24) is 14.4 Å². The van der Waals surface area contributed by atoms with Gasteiger partial charge >= 0.3 is 5.97 Å². The molecule has 0 saturated carbocycles. The van der Waals surface area contributed by atoms with E-state index in [1.54, 1.807) is 6.92 Å². The summed E-state index contributed by atoms with van der Waals surface area (Å²) in [4.78, 5) is 30.8. The minimum atomic E-state index is -0.895. The van der Waals surface area contributed by atoms with Gasteiger partial charge in [-0.3, -0.25) is 14.2 Å². The third kappa shape index (κ3) is 1.82. The van der Waals surface area contributed by atoms with E-state index in [0.717, 1.165) is 4.40 Å². The van der Waals surface area contributed by atoms with E-state index in [1.165, 1.54) is 18.6 Å². The highest BCUT2D eigenvalue weighted by Gasteiger charge is 2.20. The predicted octanol–water partition coefficient (Wildman–Crippen LogP) is -0.0282. The van der Waals surface area contributed by atoms with Gasteiger partial charge in [-0.15, -0.1) is 0 Å². The molecule has 0 unspecified atom stereocenters. The number of carbonyl (C=O) groups excluding carboxylic acids is 1. The van der Waals surface area contributed by atoms with Crippen molar-refractivity contribution in [2.45, 2.75) is 6.92 Å². The van der Waals surface area contributed by atoms with E-state index in [4.69, 9.17) is 0 Å². The van der Waals surface area contributed by atoms with Gasteiger partial charge in [0.05, 0.1) is 12.8 Å². The highest BCUT2D eigenvalue weighted by molar-refractivity contribution is 5.91. The highest BCUT2D eigenvalue weighted by Crippen LogP contribution is 2.11. The van der Waals surface area contributed by atoms with Crippen molar-refractivity contribution < 1.29 is 14.6 Å². The molecule has 17 heavy (non-hydrogen) atoms. The number of nitrogens with zero attached hydrogens (tertiary/aromatic N) is 3. The van der Waals surface area contributed by atoms with Gasteiger partial charge in [0.1, 0.15) is 0 Å². The molecule has 88 valence electrons. The quantitative estimate of drug-likeness (QED) is 0.735. The molecule has 0 amide bonds. The molecule has 0 atom stereocenters. The van der Waals surface area contributed by atoms with Crippen LogP contribution in [0.25, 0.3) is 5.65 Å². The van der Waals surface area contributed by atoms with Crippen LogP contribution in [-0.2, 0) is 4.74 Å². The molecule has 0 saturated heterocycles. The van der Waals surface area contributed by atoms with Crippen LogP contribution in [0.3, 0.4) is 0 Å². The molecule has 7 heteroatoms. The van der Waals surface area contributed by atoms with Gasteiger partial charge < -0.3 is 9.84 Å². The number of aromatic hydroxyl groups is 1. The molecular formula is C10H9N3O4. The lowest BCUT2D eigenvalue weighted by atomic mass is 10.3. The molecule has 0 radical (unpaired) electrons. The molecule has 0 aromatic carbocycles. The van der Waals surface area contributed by atoms with E-state index < -0.39 is 23.0 Å². The Balaban J connectivity index is 2.72. The molecule has 0 aliphatic rings. The van der Waals surface area contributed by atoms with Gasteiger partial charge in [-0.05, 0) is 6.92 Å². The zero-order valence-corrected chi connectivity index (χ0v) is 8.95. The van der Waals surface area contributed by atoms with Gasteiger partial charge in [0.15, 0.2) is 11.2 Å². The fourth-order valence-electron chi connectivity index (χ4n) is 1.37. The van der Waals surface area contributed by atoms with Crippen LogP contribution in [0.15, 0.2) is 23.4 Å². The summed E-state index contributed by atoms with van der Waals surface area (Å²) in [6.07, 6.45) is 4.03. The molecule has 0 aliphatic heterocycles. The molecule has 0 spiro atoms. The zero-order chi connectivity index (χ0) is 12.4. The first-order chi connectivity index (χ1) is 8.15. The second-order valence-corrected chi connectivity index (χ2v) is 3.14. The Morgan fingerprint density at radius 1 is 1.59 bits per heavy atom. The standard InChI is InChI=1S/C10H9N3O4/c1-2-17-10(16)7-8(14)12-6-5-11-3-4-13(6)9(7)15/h3-5,14H,2H2,1H3. The Labute approximate surface area is 95.3 Å². The molecule has 2 aromatic rings. The van der Waals surface area contributed by atoms with Crippen LogP contribution < -0.4 is 5.56 Å². The number of ether oxygens (including phenoxy) is 1. The minimum absolute atomic E-state index is 0.108. The molecule has 2 rings (SSSR count). The van der Waals surface area contributed by atoms with Crippen LogP contribution in [0.2, 0.25) is 0 Å². The molecule has 2 heterocycles. The fourth-order valence-corrected chi connectivity index (χ4v) is 1.37. The van der Waals surface area contributed by atoms with Crippen molar-refractivity contribution in [1.29, 1.82) is 0 Å². The minimum Gasteiger partial charge on any atom is -0.492 e. The summed E-state index contributed by atoms with van der Waals surface area (Å²) < 4.78 is 5.78. The SMILES string of the molecule is CCOC(=O)c1c(O)nc2cnccn2c1=O. The van der Waals surface area contributed by atoms with Crippen molar-refractivity contribution in [2.75, 3.05) is 6.61 Å². The Hall–Kier alpha value is -2.44. The number of aromatic nitrogens is 3. The van der Waals surface area contributed by atoms with Crippen LogP contribution >= 0.6 is 0 Å². The monoisotopic (exact) mass is 235 g/mol. The number of fused-ring (bicyclic) bond motifs is 1. The van der Waals surface area contributed by atoms with Crippen molar-refractivity contribution in [3.05, 3.63) is 34.5 Å². The Morgan fingerprint density at radius 3 is 3.06 bits per heavy atom. The lowest BCUT2D eigenvalue weighted by Gasteiger charge is -2.05. The van der Waals surface area contributed by atoms with Gasteiger partial charge in [-0.2, -0.15) is 4.98 Å². The third-order valence-corrected chi connectivity index (χ3v) is 2.09. The number of rotatable bonds is 2. The summed E-state index contributed by atoms with van der Waals surface area (Å²) in [6.45, 7) is 1.71. The van der Waals surface area contributed by atoms with Crippen molar-refractivity contribution in [3.63, 3.8) is 0 Å². The number of hydrogen-bond donors (Lipinski definition) is 1. The summed E-state index contributed by atoms with van der Waals surface area (Å²) >= 11 is 0. The summed E-state index contributed by atoms with van der Waals surface area (Å²) in [5, 5.41) is 9.53. The number of hydrogen-bond acceptors (Lipinski definition) is 6. The Bertz CT molecular complexity index is 635. The Kier molecular flexibility index (Phi) is 2.73. The van der Waals surface area contributed by atoms with E-state index in [9.17, 15) is 14.7 Å². The molecule has 1 N–H and O–H groups in total.